The Morgan fingerprint density at radius 3 is 2.85 bits per heavy atom. The van der Waals surface area contributed by atoms with Crippen LogP contribution in [0.25, 0.3) is 0 Å². The van der Waals surface area contributed by atoms with Crippen LogP contribution in [0, 0.1) is 0 Å². The molecule has 2 heteroatoms. The lowest BCUT2D eigenvalue weighted by atomic mass is 9.94. The molecule has 0 spiro atoms. The van der Waals surface area contributed by atoms with Crippen LogP contribution < -0.4 is 0 Å². The SMILES string of the molecule is CCc1c(C=O)oc2c1CCCC2. The number of furan rings is 1. The Bertz CT molecular complexity index is 323. The second-order valence-corrected chi connectivity index (χ2v) is 3.53. The van der Waals surface area contributed by atoms with Crippen molar-refractivity contribution >= 4 is 6.29 Å². The summed E-state index contributed by atoms with van der Waals surface area (Å²) in [5, 5.41) is 0. The van der Waals surface area contributed by atoms with Gasteiger partial charge in [0.15, 0.2) is 12.0 Å². The van der Waals surface area contributed by atoms with E-state index >= 15 is 0 Å². The Morgan fingerprint density at radius 2 is 2.15 bits per heavy atom. The molecule has 0 saturated carbocycles. The lowest BCUT2D eigenvalue weighted by Gasteiger charge is -2.09. The van der Waals surface area contributed by atoms with E-state index in [0.717, 1.165) is 36.9 Å². The highest BCUT2D eigenvalue weighted by molar-refractivity contribution is 5.74. The van der Waals surface area contributed by atoms with Gasteiger partial charge in [0, 0.05) is 12.0 Å². The molecule has 2 rings (SSSR count). The van der Waals surface area contributed by atoms with Crippen LogP contribution in [0.2, 0.25) is 0 Å². The van der Waals surface area contributed by atoms with E-state index in [9.17, 15) is 4.79 Å². The molecule has 0 radical (unpaired) electrons. The van der Waals surface area contributed by atoms with Gasteiger partial charge >= 0.3 is 0 Å². The van der Waals surface area contributed by atoms with Gasteiger partial charge in [0.05, 0.1) is 0 Å². The molecule has 0 N–H and O–H groups in total. The van der Waals surface area contributed by atoms with Gasteiger partial charge in [-0.15, -0.1) is 0 Å². The predicted octanol–water partition coefficient (Wildman–Crippen LogP) is 2.53. The molecular weight excluding hydrogens is 164 g/mol. The quantitative estimate of drug-likeness (QED) is 0.651. The smallest absolute Gasteiger partial charge is 0.185 e. The summed E-state index contributed by atoms with van der Waals surface area (Å²) >= 11 is 0. The molecule has 1 aliphatic carbocycles. The highest BCUT2D eigenvalue weighted by atomic mass is 16.3. The van der Waals surface area contributed by atoms with Crippen LogP contribution >= 0.6 is 0 Å². The minimum absolute atomic E-state index is 0.564. The topological polar surface area (TPSA) is 30.2 Å². The van der Waals surface area contributed by atoms with Crippen LogP contribution in [0.4, 0.5) is 0 Å². The molecule has 0 saturated heterocycles. The minimum atomic E-state index is 0.564. The van der Waals surface area contributed by atoms with Crippen molar-refractivity contribution in [2.75, 3.05) is 0 Å². The van der Waals surface area contributed by atoms with E-state index in [1.165, 1.54) is 18.4 Å². The number of hydrogen-bond donors (Lipinski definition) is 0. The van der Waals surface area contributed by atoms with Gasteiger partial charge in [-0.2, -0.15) is 0 Å². The van der Waals surface area contributed by atoms with Gasteiger partial charge < -0.3 is 4.42 Å². The summed E-state index contributed by atoms with van der Waals surface area (Å²) in [4.78, 5) is 10.7. The molecule has 0 amide bonds. The summed E-state index contributed by atoms with van der Waals surface area (Å²) in [7, 11) is 0. The Labute approximate surface area is 77.9 Å². The van der Waals surface area contributed by atoms with E-state index < -0.39 is 0 Å². The van der Waals surface area contributed by atoms with E-state index in [1.54, 1.807) is 0 Å². The fourth-order valence-electron chi connectivity index (χ4n) is 2.14. The molecule has 1 aliphatic rings. The summed E-state index contributed by atoms with van der Waals surface area (Å²) in [6.45, 7) is 2.08. The van der Waals surface area contributed by atoms with Crippen molar-refractivity contribution in [2.45, 2.75) is 39.0 Å². The molecule has 1 aromatic rings. The molecular formula is C11H14O2. The van der Waals surface area contributed by atoms with E-state index in [2.05, 4.69) is 6.92 Å². The summed E-state index contributed by atoms with van der Waals surface area (Å²) in [5.74, 6) is 1.62. The van der Waals surface area contributed by atoms with Crippen LogP contribution in [0.3, 0.4) is 0 Å². The Balaban J connectivity index is 2.50. The molecule has 13 heavy (non-hydrogen) atoms. The lowest BCUT2D eigenvalue weighted by Crippen LogP contribution is -2.01. The maximum atomic E-state index is 10.7. The molecule has 0 aliphatic heterocycles. The number of aldehydes is 1. The van der Waals surface area contributed by atoms with Gasteiger partial charge in [-0.05, 0) is 31.2 Å². The van der Waals surface area contributed by atoms with E-state index in [1.807, 2.05) is 0 Å². The van der Waals surface area contributed by atoms with Crippen LogP contribution in [0.1, 0.15) is 47.2 Å². The minimum Gasteiger partial charge on any atom is -0.458 e. The van der Waals surface area contributed by atoms with Gasteiger partial charge in [0.25, 0.3) is 0 Å². The Hall–Kier alpha value is -1.05. The van der Waals surface area contributed by atoms with Crippen LogP contribution in [-0.4, -0.2) is 6.29 Å². The van der Waals surface area contributed by atoms with Gasteiger partial charge in [-0.3, -0.25) is 4.79 Å². The molecule has 70 valence electrons. The van der Waals surface area contributed by atoms with Crippen molar-refractivity contribution in [3.05, 3.63) is 22.6 Å². The normalized spacial score (nSPS) is 15.5. The summed E-state index contributed by atoms with van der Waals surface area (Å²) in [5.41, 5.74) is 2.46. The average Bonchev–Trinajstić information content (AvgIpc) is 2.55. The summed E-state index contributed by atoms with van der Waals surface area (Å²) in [6, 6.07) is 0. The van der Waals surface area contributed by atoms with E-state index in [-0.39, 0.29) is 0 Å². The first-order valence-electron chi connectivity index (χ1n) is 4.95. The Morgan fingerprint density at radius 1 is 1.38 bits per heavy atom. The third-order valence-electron chi connectivity index (χ3n) is 2.77. The molecule has 0 atom stereocenters. The summed E-state index contributed by atoms with van der Waals surface area (Å²) < 4.78 is 5.51. The lowest BCUT2D eigenvalue weighted by molar-refractivity contribution is 0.109. The fraction of sp³-hybridized carbons (Fsp3) is 0.545. The van der Waals surface area contributed by atoms with Gasteiger partial charge in [0.2, 0.25) is 0 Å². The zero-order chi connectivity index (χ0) is 9.26. The highest BCUT2D eigenvalue weighted by Gasteiger charge is 2.20. The average molecular weight is 178 g/mol. The monoisotopic (exact) mass is 178 g/mol. The molecule has 0 bridgehead atoms. The molecule has 0 aromatic carbocycles. The number of carbonyl (C=O) groups is 1. The second-order valence-electron chi connectivity index (χ2n) is 3.53. The number of hydrogen-bond acceptors (Lipinski definition) is 2. The molecule has 0 unspecified atom stereocenters. The van der Waals surface area contributed by atoms with Crippen molar-refractivity contribution in [3.63, 3.8) is 0 Å². The molecule has 2 nitrogen and oxygen atoms in total. The zero-order valence-electron chi connectivity index (χ0n) is 7.93. The van der Waals surface area contributed by atoms with Gasteiger partial charge in [-0.1, -0.05) is 6.92 Å². The number of fused-ring (bicyclic) bond motifs is 1. The van der Waals surface area contributed by atoms with Crippen molar-refractivity contribution < 1.29 is 9.21 Å². The van der Waals surface area contributed by atoms with Gasteiger partial charge in [-0.25, -0.2) is 0 Å². The van der Waals surface area contributed by atoms with Crippen LogP contribution in [-0.2, 0) is 19.3 Å². The first kappa shape index (κ1) is 8.54. The summed E-state index contributed by atoms with van der Waals surface area (Å²) in [6.07, 6.45) is 6.29. The maximum Gasteiger partial charge on any atom is 0.185 e. The van der Waals surface area contributed by atoms with E-state index in [0.29, 0.717) is 5.76 Å². The molecule has 1 aromatic heterocycles. The Kier molecular flexibility index (Phi) is 2.21. The zero-order valence-corrected chi connectivity index (χ0v) is 7.93. The molecule has 0 fully saturated rings. The van der Waals surface area contributed by atoms with Gasteiger partial charge in [0.1, 0.15) is 5.76 Å². The second kappa shape index (κ2) is 3.36. The van der Waals surface area contributed by atoms with Crippen LogP contribution in [0.15, 0.2) is 4.42 Å². The maximum absolute atomic E-state index is 10.7. The van der Waals surface area contributed by atoms with Crippen molar-refractivity contribution in [2.24, 2.45) is 0 Å². The first-order chi connectivity index (χ1) is 6.36. The fourth-order valence-corrected chi connectivity index (χ4v) is 2.14. The number of rotatable bonds is 2. The number of carbonyl (C=O) groups excluding carboxylic acids is 1. The molecule has 1 heterocycles. The van der Waals surface area contributed by atoms with Crippen molar-refractivity contribution in [1.29, 1.82) is 0 Å². The first-order valence-corrected chi connectivity index (χ1v) is 4.95. The standard InChI is InChI=1S/C11H14O2/c1-2-8-9-5-3-4-6-10(9)13-11(8)7-12/h7H,2-6H2,1H3. The third kappa shape index (κ3) is 1.30. The van der Waals surface area contributed by atoms with Crippen molar-refractivity contribution in [1.82, 2.24) is 0 Å². The third-order valence-corrected chi connectivity index (χ3v) is 2.77. The predicted molar refractivity (Wildman–Crippen MR) is 50.1 cm³/mol. The largest absolute Gasteiger partial charge is 0.458 e. The highest BCUT2D eigenvalue weighted by Crippen LogP contribution is 2.29. The number of aryl methyl sites for hydroxylation is 1. The van der Waals surface area contributed by atoms with Crippen molar-refractivity contribution in [3.8, 4) is 0 Å². The van der Waals surface area contributed by atoms with E-state index in [4.69, 9.17) is 4.42 Å². The van der Waals surface area contributed by atoms with Crippen LogP contribution in [0.5, 0.6) is 0 Å².